The van der Waals surface area contributed by atoms with Gasteiger partial charge in [0.2, 0.25) is 0 Å². The lowest BCUT2D eigenvalue weighted by Crippen LogP contribution is -2.40. The molecule has 162 valence electrons. The quantitative estimate of drug-likeness (QED) is 0.515. The van der Waals surface area contributed by atoms with Crippen LogP contribution >= 0.6 is 0 Å². The van der Waals surface area contributed by atoms with Gasteiger partial charge in [0.25, 0.3) is 0 Å². The highest BCUT2D eigenvalue weighted by molar-refractivity contribution is 5.95. The largest absolute Gasteiger partial charge is 0.478 e. The Morgan fingerprint density at radius 3 is 2.84 bits per heavy atom. The van der Waals surface area contributed by atoms with E-state index in [2.05, 4.69) is 20.5 Å². The molecule has 0 spiro atoms. The molecule has 1 aliphatic heterocycles. The van der Waals surface area contributed by atoms with Crippen molar-refractivity contribution in [3.8, 4) is 11.1 Å². The Hall–Kier alpha value is -3.23. The summed E-state index contributed by atoms with van der Waals surface area (Å²) in [7, 11) is 1.97. The van der Waals surface area contributed by atoms with Gasteiger partial charge in [-0.3, -0.25) is 9.88 Å². The molecule has 31 heavy (non-hydrogen) atoms. The molecule has 4 rings (SSSR count). The Bertz CT molecular complexity index is 1020. The number of benzene rings is 1. The van der Waals surface area contributed by atoms with E-state index in [-0.39, 0.29) is 11.6 Å². The van der Waals surface area contributed by atoms with Gasteiger partial charge in [0.15, 0.2) is 0 Å². The molecule has 8 nitrogen and oxygen atoms in total. The van der Waals surface area contributed by atoms with Crippen LogP contribution in [-0.4, -0.2) is 64.0 Å². The number of nitrogens with zero attached hydrogens (tertiary/aromatic N) is 4. The monoisotopic (exact) mass is 420 g/mol. The van der Waals surface area contributed by atoms with Crippen LogP contribution in [0.3, 0.4) is 0 Å². The van der Waals surface area contributed by atoms with Gasteiger partial charge in [-0.05, 0) is 38.1 Å². The van der Waals surface area contributed by atoms with Crippen LogP contribution in [0.15, 0.2) is 55.0 Å². The van der Waals surface area contributed by atoms with Gasteiger partial charge in [-0.15, -0.1) is 0 Å². The van der Waals surface area contributed by atoms with Crippen LogP contribution in [0.2, 0.25) is 0 Å². The van der Waals surface area contributed by atoms with E-state index in [9.17, 15) is 9.90 Å². The van der Waals surface area contributed by atoms with E-state index in [1.54, 1.807) is 6.20 Å². The van der Waals surface area contributed by atoms with E-state index >= 15 is 0 Å². The highest BCUT2D eigenvalue weighted by Gasteiger charge is 2.26. The van der Waals surface area contributed by atoms with Crippen LogP contribution in [0.5, 0.6) is 0 Å². The Kier molecular flexibility index (Phi) is 6.59. The molecule has 0 saturated carbocycles. The van der Waals surface area contributed by atoms with Crippen molar-refractivity contribution in [3.05, 3.63) is 60.6 Å². The van der Waals surface area contributed by atoms with Gasteiger partial charge in [0.1, 0.15) is 5.82 Å². The number of carbonyl (C=O) groups is 1. The van der Waals surface area contributed by atoms with Crippen molar-refractivity contribution in [2.75, 3.05) is 38.5 Å². The van der Waals surface area contributed by atoms with Gasteiger partial charge >= 0.3 is 5.97 Å². The second kappa shape index (κ2) is 9.72. The first-order valence-corrected chi connectivity index (χ1v) is 10.6. The van der Waals surface area contributed by atoms with Crippen LogP contribution in [0.4, 0.5) is 11.5 Å². The standard InChI is InChI=1S/C23H28N6O2/c1-24-11-13-28-12-5-8-18(16-28)29-22(20(14-26-29)17-6-3-2-4-7-17)27-21-15-25-10-9-19(21)23(30)31/h2-4,6-7,9-10,14-15,18,24,27H,5,8,11-13,16H2,1H3,(H,30,31). The lowest BCUT2D eigenvalue weighted by atomic mass is 10.0. The summed E-state index contributed by atoms with van der Waals surface area (Å²) < 4.78 is 2.02. The average Bonchev–Trinajstić information content (AvgIpc) is 3.22. The molecule has 1 aromatic carbocycles. The van der Waals surface area contributed by atoms with Crippen molar-refractivity contribution in [2.45, 2.75) is 18.9 Å². The zero-order chi connectivity index (χ0) is 21.6. The summed E-state index contributed by atoms with van der Waals surface area (Å²) in [4.78, 5) is 18.3. The molecule has 0 bridgehead atoms. The molecular weight excluding hydrogens is 392 g/mol. The van der Waals surface area contributed by atoms with Gasteiger partial charge in [0, 0.05) is 31.4 Å². The number of carboxylic acid groups (broad SMARTS) is 1. The zero-order valence-electron chi connectivity index (χ0n) is 17.7. The van der Waals surface area contributed by atoms with Crippen molar-refractivity contribution < 1.29 is 9.90 Å². The van der Waals surface area contributed by atoms with Crippen molar-refractivity contribution in [2.24, 2.45) is 0 Å². The van der Waals surface area contributed by atoms with E-state index in [4.69, 9.17) is 5.10 Å². The highest BCUT2D eigenvalue weighted by atomic mass is 16.4. The molecule has 1 atom stereocenters. The Morgan fingerprint density at radius 1 is 1.23 bits per heavy atom. The number of hydrogen-bond acceptors (Lipinski definition) is 6. The predicted molar refractivity (Wildman–Crippen MR) is 121 cm³/mol. The van der Waals surface area contributed by atoms with Crippen molar-refractivity contribution in [1.29, 1.82) is 0 Å². The average molecular weight is 421 g/mol. The van der Waals surface area contributed by atoms with E-state index in [1.807, 2.05) is 48.3 Å². The lowest BCUT2D eigenvalue weighted by molar-refractivity contribution is 0.0698. The van der Waals surface area contributed by atoms with Crippen LogP contribution in [0, 0.1) is 0 Å². The molecule has 8 heteroatoms. The number of nitrogens with one attached hydrogen (secondary N) is 2. The fourth-order valence-electron chi connectivity index (χ4n) is 4.10. The minimum atomic E-state index is -0.992. The van der Waals surface area contributed by atoms with Crippen LogP contribution in [-0.2, 0) is 0 Å². The number of aromatic nitrogens is 3. The third kappa shape index (κ3) is 4.76. The van der Waals surface area contributed by atoms with Crippen molar-refractivity contribution in [3.63, 3.8) is 0 Å². The molecule has 0 aliphatic carbocycles. The maximum atomic E-state index is 11.7. The first-order chi connectivity index (χ1) is 15.2. The number of piperidine rings is 1. The van der Waals surface area contributed by atoms with Crippen LogP contribution in [0.1, 0.15) is 29.2 Å². The molecule has 3 aromatic rings. The summed E-state index contributed by atoms with van der Waals surface area (Å²) in [6.07, 6.45) is 7.03. The van der Waals surface area contributed by atoms with E-state index in [1.165, 1.54) is 12.3 Å². The maximum Gasteiger partial charge on any atom is 0.337 e. The van der Waals surface area contributed by atoms with E-state index < -0.39 is 5.97 Å². The predicted octanol–water partition coefficient (Wildman–Crippen LogP) is 3.24. The number of pyridine rings is 1. The molecule has 0 amide bonds. The minimum absolute atomic E-state index is 0.182. The number of carboxylic acids is 1. The number of rotatable bonds is 8. The molecule has 0 radical (unpaired) electrons. The summed E-state index contributed by atoms with van der Waals surface area (Å²) in [5.41, 5.74) is 2.60. The molecule has 1 saturated heterocycles. The molecule has 1 fully saturated rings. The fourth-order valence-corrected chi connectivity index (χ4v) is 4.10. The second-order valence-corrected chi connectivity index (χ2v) is 7.77. The summed E-state index contributed by atoms with van der Waals surface area (Å²) in [5.74, 6) is -0.199. The fraction of sp³-hybridized carbons (Fsp3) is 0.348. The first-order valence-electron chi connectivity index (χ1n) is 10.6. The smallest absolute Gasteiger partial charge is 0.337 e. The Labute approximate surface area is 181 Å². The number of anilines is 2. The second-order valence-electron chi connectivity index (χ2n) is 7.77. The van der Waals surface area contributed by atoms with Gasteiger partial charge in [-0.25, -0.2) is 9.48 Å². The van der Waals surface area contributed by atoms with Gasteiger partial charge in [0.05, 0.1) is 29.7 Å². The van der Waals surface area contributed by atoms with Crippen molar-refractivity contribution >= 4 is 17.5 Å². The molecular formula is C23H28N6O2. The summed E-state index contributed by atoms with van der Waals surface area (Å²) in [5, 5.41) is 20.9. The summed E-state index contributed by atoms with van der Waals surface area (Å²) in [6, 6.07) is 11.7. The normalized spacial score (nSPS) is 16.9. The zero-order valence-corrected chi connectivity index (χ0v) is 17.7. The Balaban J connectivity index is 1.71. The first kappa shape index (κ1) is 21.0. The van der Waals surface area contributed by atoms with Gasteiger partial charge in [-0.2, -0.15) is 5.10 Å². The molecule has 3 N–H and O–H groups in total. The third-order valence-corrected chi connectivity index (χ3v) is 5.69. The number of hydrogen-bond donors (Lipinski definition) is 3. The molecule has 3 heterocycles. The highest BCUT2D eigenvalue weighted by Crippen LogP contribution is 2.35. The summed E-state index contributed by atoms with van der Waals surface area (Å²) in [6.45, 7) is 3.93. The van der Waals surface area contributed by atoms with Crippen LogP contribution < -0.4 is 10.6 Å². The summed E-state index contributed by atoms with van der Waals surface area (Å²) >= 11 is 0. The third-order valence-electron chi connectivity index (χ3n) is 5.69. The van der Waals surface area contributed by atoms with Gasteiger partial charge < -0.3 is 15.7 Å². The number of aromatic carboxylic acids is 1. The van der Waals surface area contributed by atoms with Crippen LogP contribution in [0.25, 0.3) is 11.1 Å². The SMILES string of the molecule is CNCCN1CCCC(n2ncc(-c3ccccc3)c2Nc2cnccc2C(=O)O)C1. The van der Waals surface area contributed by atoms with Crippen molar-refractivity contribution in [1.82, 2.24) is 25.0 Å². The minimum Gasteiger partial charge on any atom is -0.478 e. The Morgan fingerprint density at radius 2 is 2.06 bits per heavy atom. The van der Waals surface area contributed by atoms with Gasteiger partial charge in [-0.1, -0.05) is 30.3 Å². The molecule has 1 unspecified atom stereocenters. The molecule has 2 aromatic heterocycles. The number of likely N-dealkylation sites (N-methyl/N-ethyl adjacent to an activating group) is 1. The maximum absolute atomic E-state index is 11.7. The number of likely N-dealkylation sites (tertiary alicyclic amines) is 1. The lowest BCUT2D eigenvalue weighted by Gasteiger charge is -2.33. The molecule has 1 aliphatic rings. The topological polar surface area (TPSA) is 95.3 Å². The van der Waals surface area contributed by atoms with E-state index in [0.717, 1.165) is 56.0 Å². The van der Waals surface area contributed by atoms with E-state index in [0.29, 0.717) is 5.69 Å².